The molecule has 2 heterocycles. The molecule has 2 aromatic heterocycles. The first kappa shape index (κ1) is 13.5. The van der Waals surface area contributed by atoms with Crippen LogP contribution in [0.2, 0.25) is 0 Å². The van der Waals surface area contributed by atoms with E-state index >= 15 is 0 Å². The van der Waals surface area contributed by atoms with Crippen molar-refractivity contribution in [2.24, 2.45) is 5.73 Å². The zero-order valence-corrected chi connectivity index (χ0v) is 10.3. The van der Waals surface area contributed by atoms with E-state index in [0.29, 0.717) is 18.8 Å². The Kier molecular flexibility index (Phi) is 3.57. The summed E-state index contributed by atoms with van der Waals surface area (Å²) in [7, 11) is 0. The predicted octanol–water partition coefficient (Wildman–Crippen LogP) is 2.31. The zero-order valence-electron chi connectivity index (χ0n) is 10.3. The highest BCUT2D eigenvalue weighted by atomic mass is 19.4. The molecule has 0 amide bonds. The molecule has 0 bridgehead atoms. The minimum atomic E-state index is -4.45. The van der Waals surface area contributed by atoms with Crippen molar-refractivity contribution in [3.8, 4) is 5.82 Å². The van der Waals surface area contributed by atoms with Crippen molar-refractivity contribution in [3.05, 3.63) is 41.3 Å². The van der Waals surface area contributed by atoms with E-state index in [0.717, 1.165) is 22.0 Å². The summed E-state index contributed by atoms with van der Waals surface area (Å²) in [5.74, 6) is 0.343. The van der Waals surface area contributed by atoms with E-state index < -0.39 is 11.9 Å². The van der Waals surface area contributed by atoms with Crippen LogP contribution in [0.25, 0.3) is 5.82 Å². The highest BCUT2D eigenvalue weighted by molar-refractivity contribution is 5.31. The number of nitrogens with two attached hydrogens (primary N) is 1. The van der Waals surface area contributed by atoms with E-state index in [1.807, 2.05) is 13.0 Å². The smallest absolute Gasteiger partial charge is 0.326 e. The Morgan fingerprint density at radius 2 is 2.05 bits per heavy atom. The molecule has 0 saturated heterocycles. The number of aryl methyl sites for hydroxylation is 1. The molecule has 102 valence electrons. The van der Waals surface area contributed by atoms with E-state index in [4.69, 9.17) is 5.73 Å². The minimum absolute atomic E-state index is 0.302. The third-order valence-electron chi connectivity index (χ3n) is 2.64. The lowest BCUT2D eigenvalue weighted by atomic mass is 10.2. The normalized spacial score (nSPS) is 11.8. The molecule has 0 aliphatic rings. The van der Waals surface area contributed by atoms with Gasteiger partial charge in [-0.15, -0.1) is 0 Å². The molecule has 2 aromatic rings. The number of nitrogens with zero attached hydrogens (tertiary/aromatic N) is 3. The zero-order chi connectivity index (χ0) is 14.0. The van der Waals surface area contributed by atoms with Gasteiger partial charge in [-0.3, -0.25) is 0 Å². The van der Waals surface area contributed by atoms with Gasteiger partial charge < -0.3 is 5.73 Å². The standard InChI is InChI=1S/C12H13F3N4/c1-2-9-5-8(7-16)6-11(17-9)19-4-3-10(18-19)12(13,14)15/h3-6H,2,7,16H2,1H3. The van der Waals surface area contributed by atoms with Crippen LogP contribution in [0.5, 0.6) is 0 Å². The van der Waals surface area contributed by atoms with E-state index in [2.05, 4.69) is 10.1 Å². The molecule has 4 nitrogen and oxygen atoms in total. The summed E-state index contributed by atoms with van der Waals surface area (Å²) in [6.45, 7) is 2.21. The van der Waals surface area contributed by atoms with Gasteiger partial charge in [-0.2, -0.15) is 18.3 Å². The maximum absolute atomic E-state index is 12.5. The summed E-state index contributed by atoms with van der Waals surface area (Å²) in [5.41, 5.74) is 6.19. The molecule has 0 unspecified atom stereocenters. The van der Waals surface area contributed by atoms with Crippen LogP contribution in [-0.4, -0.2) is 14.8 Å². The van der Waals surface area contributed by atoms with Gasteiger partial charge in [0.15, 0.2) is 11.5 Å². The molecule has 0 fully saturated rings. The topological polar surface area (TPSA) is 56.7 Å². The van der Waals surface area contributed by atoms with Gasteiger partial charge in [0, 0.05) is 18.4 Å². The molecule has 7 heteroatoms. The Balaban J connectivity index is 2.43. The lowest BCUT2D eigenvalue weighted by molar-refractivity contribution is -0.141. The maximum Gasteiger partial charge on any atom is 0.435 e. The van der Waals surface area contributed by atoms with Crippen molar-refractivity contribution in [2.75, 3.05) is 0 Å². The Morgan fingerprint density at radius 3 is 2.58 bits per heavy atom. The molecule has 0 saturated carbocycles. The van der Waals surface area contributed by atoms with Crippen LogP contribution in [0, 0.1) is 0 Å². The van der Waals surface area contributed by atoms with Crippen LogP contribution < -0.4 is 5.73 Å². The Hall–Kier alpha value is -1.89. The molecule has 0 atom stereocenters. The quantitative estimate of drug-likeness (QED) is 0.931. The number of hydrogen-bond donors (Lipinski definition) is 1. The highest BCUT2D eigenvalue weighted by Crippen LogP contribution is 2.27. The van der Waals surface area contributed by atoms with E-state index in [1.165, 1.54) is 6.20 Å². The Morgan fingerprint density at radius 1 is 1.32 bits per heavy atom. The number of alkyl halides is 3. The van der Waals surface area contributed by atoms with Gasteiger partial charge in [0.25, 0.3) is 0 Å². The van der Waals surface area contributed by atoms with Gasteiger partial charge in [0.2, 0.25) is 0 Å². The van der Waals surface area contributed by atoms with E-state index in [-0.39, 0.29) is 0 Å². The summed E-state index contributed by atoms with van der Waals surface area (Å²) in [6, 6.07) is 4.38. The number of pyridine rings is 1. The predicted molar refractivity (Wildman–Crippen MR) is 63.6 cm³/mol. The molecular formula is C12H13F3N4. The molecule has 19 heavy (non-hydrogen) atoms. The fourth-order valence-corrected chi connectivity index (χ4v) is 1.65. The number of hydrogen-bond acceptors (Lipinski definition) is 3. The fraction of sp³-hybridized carbons (Fsp3) is 0.333. The molecular weight excluding hydrogens is 257 g/mol. The molecule has 0 aromatic carbocycles. The number of aromatic nitrogens is 3. The van der Waals surface area contributed by atoms with E-state index in [1.54, 1.807) is 6.07 Å². The van der Waals surface area contributed by atoms with Crippen molar-refractivity contribution in [1.29, 1.82) is 0 Å². The number of halogens is 3. The second-order valence-corrected chi connectivity index (χ2v) is 4.03. The largest absolute Gasteiger partial charge is 0.435 e. The van der Waals surface area contributed by atoms with Crippen LogP contribution in [0.4, 0.5) is 13.2 Å². The summed E-state index contributed by atoms with van der Waals surface area (Å²) in [6.07, 6.45) is -2.54. The summed E-state index contributed by atoms with van der Waals surface area (Å²) in [5, 5.41) is 3.49. The van der Waals surface area contributed by atoms with Gasteiger partial charge >= 0.3 is 6.18 Å². The van der Waals surface area contributed by atoms with Crippen molar-refractivity contribution in [2.45, 2.75) is 26.1 Å². The SMILES string of the molecule is CCc1cc(CN)cc(-n2ccc(C(F)(F)F)n2)n1. The first-order valence-electron chi connectivity index (χ1n) is 5.77. The van der Waals surface area contributed by atoms with Gasteiger partial charge in [-0.25, -0.2) is 9.67 Å². The van der Waals surface area contributed by atoms with Crippen LogP contribution in [-0.2, 0) is 19.1 Å². The van der Waals surface area contributed by atoms with Crippen molar-refractivity contribution >= 4 is 0 Å². The fourth-order valence-electron chi connectivity index (χ4n) is 1.65. The van der Waals surface area contributed by atoms with Gasteiger partial charge in [0.05, 0.1) is 0 Å². The third kappa shape index (κ3) is 2.93. The average Bonchev–Trinajstić information content (AvgIpc) is 2.87. The second-order valence-electron chi connectivity index (χ2n) is 4.03. The van der Waals surface area contributed by atoms with Crippen molar-refractivity contribution < 1.29 is 13.2 Å². The van der Waals surface area contributed by atoms with E-state index in [9.17, 15) is 13.2 Å². The maximum atomic E-state index is 12.5. The minimum Gasteiger partial charge on any atom is -0.326 e. The Bertz CT molecular complexity index is 552. The summed E-state index contributed by atoms with van der Waals surface area (Å²) in [4.78, 5) is 4.24. The summed E-state index contributed by atoms with van der Waals surface area (Å²) >= 11 is 0. The molecule has 0 radical (unpaired) electrons. The van der Waals surface area contributed by atoms with Crippen molar-refractivity contribution in [1.82, 2.24) is 14.8 Å². The van der Waals surface area contributed by atoms with Crippen LogP contribution in [0.3, 0.4) is 0 Å². The number of rotatable bonds is 3. The van der Waals surface area contributed by atoms with Crippen LogP contribution in [0.1, 0.15) is 23.9 Å². The Labute approximate surface area is 108 Å². The second kappa shape index (κ2) is 5.00. The van der Waals surface area contributed by atoms with Crippen LogP contribution >= 0.6 is 0 Å². The lowest BCUT2D eigenvalue weighted by Crippen LogP contribution is -2.09. The van der Waals surface area contributed by atoms with Crippen molar-refractivity contribution in [3.63, 3.8) is 0 Å². The molecule has 0 aliphatic carbocycles. The first-order valence-corrected chi connectivity index (χ1v) is 5.77. The molecule has 0 spiro atoms. The third-order valence-corrected chi connectivity index (χ3v) is 2.64. The first-order chi connectivity index (χ1) is 8.94. The van der Waals surface area contributed by atoms with Gasteiger partial charge in [-0.1, -0.05) is 6.92 Å². The lowest BCUT2D eigenvalue weighted by Gasteiger charge is -2.07. The molecule has 0 aliphatic heterocycles. The summed E-state index contributed by atoms with van der Waals surface area (Å²) < 4.78 is 38.6. The van der Waals surface area contributed by atoms with Crippen LogP contribution in [0.15, 0.2) is 24.4 Å². The monoisotopic (exact) mass is 270 g/mol. The molecule has 2 N–H and O–H groups in total. The molecule has 2 rings (SSSR count). The van der Waals surface area contributed by atoms with Gasteiger partial charge in [-0.05, 0) is 30.2 Å². The highest BCUT2D eigenvalue weighted by Gasteiger charge is 2.33. The van der Waals surface area contributed by atoms with Gasteiger partial charge in [0.1, 0.15) is 0 Å². The average molecular weight is 270 g/mol.